The van der Waals surface area contributed by atoms with Crippen molar-refractivity contribution in [1.29, 1.82) is 0 Å². The summed E-state index contributed by atoms with van der Waals surface area (Å²) in [6, 6.07) is 5.60. The van der Waals surface area contributed by atoms with E-state index in [1.807, 2.05) is 32.0 Å². The maximum Gasteiger partial charge on any atom is 0.304 e. The molecule has 0 aliphatic carbocycles. The zero-order chi connectivity index (χ0) is 15.8. The molecule has 0 fully saturated rings. The summed E-state index contributed by atoms with van der Waals surface area (Å²) in [7, 11) is 3.22. The largest absolute Gasteiger partial charge is 0.497 e. The Kier molecular flexibility index (Phi) is 7.02. The lowest BCUT2D eigenvalue weighted by Gasteiger charge is -2.29. The summed E-state index contributed by atoms with van der Waals surface area (Å²) in [5.74, 6) is 0.685. The molecule has 118 valence electrons. The summed E-state index contributed by atoms with van der Waals surface area (Å²) < 4.78 is 10.6. The third-order valence-electron chi connectivity index (χ3n) is 3.69. The molecule has 21 heavy (non-hydrogen) atoms. The van der Waals surface area contributed by atoms with E-state index in [2.05, 4.69) is 4.90 Å². The second kappa shape index (κ2) is 8.52. The summed E-state index contributed by atoms with van der Waals surface area (Å²) in [4.78, 5) is 13.3. The topological polar surface area (TPSA) is 59.0 Å². The summed E-state index contributed by atoms with van der Waals surface area (Å²) in [6.45, 7) is 5.74. The van der Waals surface area contributed by atoms with E-state index in [1.54, 1.807) is 14.2 Å². The van der Waals surface area contributed by atoms with Crippen molar-refractivity contribution < 1.29 is 19.4 Å². The number of benzene rings is 1. The minimum absolute atomic E-state index is 0.0419. The molecule has 1 aromatic carbocycles. The Morgan fingerprint density at radius 1 is 1.24 bits per heavy atom. The number of likely N-dealkylation sites (N-methyl/N-ethyl adjacent to an activating group) is 1. The maximum atomic E-state index is 11.1. The molecule has 0 bridgehead atoms. The summed E-state index contributed by atoms with van der Waals surface area (Å²) in [5.41, 5.74) is 0.997. The zero-order valence-electron chi connectivity index (χ0n) is 13.3. The van der Waals surface area contributed by atoms with Gasteiger partial charge in [-0.2, -0.15) is 0 Å². The maximum absolute atomic E-state index is 11.1. The number of ether oxygens (including phenoxy) is 2. The first-order valence-electron chi connectivity index (χ1n) is 7.22. The van der Waals surface area contributed by atoms with Gasteiger partial charge in [0.1, 0.15) is 11.5 Å². The van der Waals surface area contributed by atoms with Crippen LogP contribution in [0.1, 0.15) is 25.8 Å². The van der Waals surface area contributed by atoms with Crippen LogP contribution in [0.4, 0.5) is 0 Å². The Balaban J connectivity index is 2.99. The molecule has 0 aliphatic rings. The predicted octanol–water partition coefficient (Wildman–Crippen LogP) is 2.43. The van der Waals surface area contributed by atoms with E-state index in [1.165, 1.54) is 0 Å². The average molecular weight is 295 g/mol. The van der Waals surface area contributed by atoms with Crippen molar-refractivity contribution in [1.82, 2.24) is 4.90 Å². The van der Waals surface area contributed by atoms with Crippen LogP contribution in [0.2, 0.25) is 0 Å². The number of carboxylic acids is 1. The summed E-state index contributed by atoms with van der Waals surface area (Å²) in [6.07, 6.45) is 0.762. The van der Waals surface area contributed by atoms with Crippen LogP contribution in [0.5, 0.6) is 11.5 Å². The van der Waals surface area contributed by atoms with Crippen molar-refractivity contribution in [3.05, 3.63) is 23.8 Å². The van der Waals surface area contributed by atoms with Gasteiger partial charge >= 0.3 is 5.97 Å². The normalized spacial score (nSPS) is 12.2. The Hall–Kier alpha value is -1.75. The lowest BCUT2D eigenvalue weighted by Crippen LogP contribution is -2.38. The molecule has 0 spiro atoms. The highest BCUT2D eigenvalue weighted by molar-refractivity contribution is 5.67. The van der Waals surface area contributed by atoms with Gasteiger partial charge < -0.3 is 19.5 Å². The molecular weight excluding hydrogens is 270 g/mol. The van der Waals surface area contributed by atoms with Gasteiger partial charge in [0.15, 0.2) is 0 Å². The van der Waals surface area contributed by atoms with Gasteiger partial charge in [-0.1, -0.05) is 19.9 Å². The first kappa shape index (κ1) is 17.3. The average Bonchev–Trinajstić information content (AvgIpc) is 2.48. The van der Waals surface area contributed by atoms with Gasteiger partial charge in [-0.3, -0.25) is 4.79 Å². The zero-order valence-corrected chi connectivity index (χ0v) is 13.3. The van der Waals surface area contributed by atoms with Gasteiger partial charge in [0.2, 0.25) is 0 Å². The number of methoxy groups -OCH3 is 2. The number of hydrogen-bond acceptors (Lipinski definition) is 4. The molecule has 0 radical (unpaired) electrons. The quantitative estimate of drug-likeness (QED) is 0.758. The minimum Gasteiger partial charge on any atom is -0.497 e. The molecule has 1 unspecified atom stereocenters. The monoisotopic (exact) mass is 295 g/mol. The van der Waals surface area contributed by atoms with Gasteiger partial charge in [-0.25, -0.2) is 0 Å². The number of carbonyl (C=O) groups is 1. The van der Waals surface area contributed by atoms with Crippen LogP contribution in [0.15, 0.2) is 18.2 Å². The molecule has 0 saturated heterocycles. The second-order valence-corrected chi connectivity index (χ2v) is 4.85. The minimum atomic E-state index is -0.778. The van der Waals surface area contributed by atoms with Gasteiger partial charge in [-0.05, 0) is 31.1 Å². The SMILES string of the molecule is CCN(CC)C(CC(=O)O)Cc1ccc(OC)cc1OC. The van der Waals surface area contributed by atoms with Crippen LogP contribution in [0.3, 0.4) is 0 Å². The summed E-state index contributed by atoms with van der Waals surface area (Å²) >= 11 is 0. The Labute approximate surface area is 126 Å². The standard InChI is InChI=1S/C16H25NO4/c1-5-17(6-2)13(10-16(18)19)9-12-7-8-14(20-3)11-15(12)21-4/h7-8,11,13H,5-6,9-10H2,1-4H3,(H,18,19). The van der Waals surface area contributed by atoms with Crippen molar-refractivity contribution in [3.8, 4) is 11.5 Å². The number of carboxylic acid groups (broad SMARTS) is 1. The highest BCUT2D eigenvalue weighted by Gasteiger charge is 2.21. The van der Waals surface area contributed by atoms with Crippen LogP contribution >= 0.6 is 0 Å². The fourth-order valence-electron chi connectivity index (χ4n) is 2.55. The summed E-state index contributed by atoms with van der Waals surface area (Å²) in [5, 5.41) is 9.13. The van der Waals surface area contributed by atoms with Crippen molar-refractivity contribution in [3.63, 3.8) is 0 Å². The molecule has 1 rings (SSSR count). The fraction of sp³-hybridized carbons (Fsp3) is 0.562. The van der Waals surface area contributed by atoms with Crippen molar-refractivity contribution in [2.24, 2.45) is 0 Å². The lowest BCUT2D eigenvalue weighted by atomic mass is 10.0. The van der Waals surface area contributed by atoms with Crippen LogP contribution < -0.4 is 9.47 Å². The highest BCUT2D eigenvalue weighted by Crippen LogP contribution is 2.27. The molecular formula is C16H25NO4. The molecule has 1 N–H and O–H groups in total. The van der Waals surface area contributed by atoms with E-state index in [-0.39, 0.29) is 12.5 Å². The van der Waals surface area contributed by atoms with Gasteiger partial charge in [0.25, 0.3) is 0 Å². The highest BCUT2D eigenvalue weighted by atomic mass is 16.5. The van der Waals surface area contributed by atoms with E-state index in [0.29, 0.717) is 6.42 Å². The lowest BCUT2D eigenvalue weighted by molar-refractivity contribution is -0.138. The fourth-order valence-corrected chi connectivity index (χ4v) is 2.55. The van der Waals surface area contributed by atoms with Crippen LogP contribution in [-0.2, 0) is 11.2 Å². The molecule has 5 nitrogen and oxygen atoms in total. The van der Waals surface area contributed by atoms with E-state index < -0.39 is 5.97 Å². The third kappa shape index (κ3) is 4.93. The number of aliphatic carboxylic acids is 1. The molecule has 5 heteroatoms. The molecule has 0 saturated carbocycles. The van der Waals surface area contributed by atoms with E-state index >= 15 is 0 Å². The predicted molar refractivity (Wildman–Crippen MR) is 82.2 cm³/mol. The molecule has 0 aliphatic heterocycles. The van der Waals surface area contributed by atoms with Crippen molar-refractivity contribution in [2.75, 3.05) is 27.3 Å². The van der Waals surface area contributed by atoms with Gasteiger partial charge in [0, 0.05) is 12.1 Å². The van der Waals surface area contributed by atoms with Crippen LogP contribution in [0, 0.1) is 0 Å². The Morgan fingerprint density at radius 2 is 1.90 bits per heavy atom. The van der Waals surface area contributed by atoms with E-state index in [9.17, 15) is 4.79 Å². The molecule has 0 heterocycles. The van der Waals surface area contributed by atoms with Crippen molar-refractivity contribution in [2.45, 2.75) is 32.7 Å². The third-order valence-corrected chi connectivity index (χ3v) is 3.69. The Morgan fingerprint density at radius 3 is 2.38 bits per heavy atom. The smallest absolute Gasteiger partial charge is 0.304 e. The van der Waals surface area contributed by atoms with Gasteiger partial charge in [-0.15, -0.1) is 0 Å². The molecule has 1 aromatic rings. The van der Waals surface area contributed by atoms with Crippen molar-refractivity contribution >= 4 is 5.97 Å². The molecule has 1 atom stereocenters. The first-order chi connectivity index (χ1) is 10.0. The second-order valence-electron chi connectivity index (χ2n) is 4.85. The number of hydrogen-bond donors (Lipinski definition) is 1. The van der Waals surface area contributed by atoms with Crippen LogP contribution in [-0.4, -0.2) is 49.3 Å². The van der Waals surface area contributed by atoms with Crippen LogP contribution in [0.25, 0.3) is 0 Å². The molecule has 0 aromatic heterocycles. The van der Waals surface area contributed by atoms with E-state index in [4.69, 9.17) is 14.6 Å². The Bertz CT molecular complexity index is 458. The molecule has 0 amide bonds. The number of rotatable bonds is 9. The van der Waals surface area contributed by atoms with E-state index in [0.717, 1.165) is 30.2 Å². The van der Waals surface area contributed by atoms with Gasteiger partial charge in [0.05, 0.1) is 20.6 Å². The number of nitrogens with zero attached hydrogens (tertiary/aromatic N) is 1. The first-order valence-corrected chi connectivity index (χ1v) is 7.22.